The van der Waals surface area contributed by atoms with Crippen LogP contribution in [0.5, 0.6) is 0 Å². The quantitative estimate of drug-likeness (QED) is 0.305. The second-order valence-corrected chi connectivity index (χ2v) is 6.58. The summed E-state index contributed by atoms with van der Waals surface area (Å²) >= 11 is 0.230. The van der Waals surface area contributed by atoms with E-state index in [2.05, 4.69) is 19.4 Å². The van der Waals surface area contributed by atoms with E-state index in [0.717, 1.165) is 14.2 Å². The standard InChI is InChI=1S/2C5H8O5.2CH3.Sn/c2*1-10-5(9)3(6)2-4(7)8;;;/h2*3,6H,2H2,1H3,(H,7,8);2*1H3;/q;;;;+2/p-2. The van der Waals surface area contributed by atoms with Gasteiger partial charge in [-0.25, -0.2) is 9.59 Å². The van der Waals surface area contributed by atoms with Crippen molar-refractivity contribution in [2.75, 3.05) is 14.2 Å². The van der Waals surface area contributed by atoms with Crippen LogP contribution in [0, 0.1) is 0 Å². The fourth-order valence-corrected chi connectivity index (χ4v) is 0.754. The Labute approximate surface area is 143 Å². The average molecular weight is 443 g/mol. The fraction of sp³-hybridized carbons (Fsp3) is 0.667. The van der Waals surface area contributed by atoms with Crippen LogP contribution in [0.25, 0.3) is 0 Å². The Morgan fingerprint density at radius 1 is 0.870 bits per heavy atom. The predicted octanol–water partition coefficient (Wildman–Crippen LogP) is -3.89. The molecule has 2 N–H and O–H groups in total. The van der Waals surface area contributed by atoms with Crippen LogP contribution in [0.3, 0.4) is 0 Å². The van der Waals surface area contributed by atoms with Crippen molar-refractivity contribution in [1.82, 2.24) is 0 Å². The summed E-state index contributed by atoms with van der Waals surface area (Å²) in [6.45, 7) is 0. The Bertz CT molecular complexity index is 337. The number of hydrogen-bond donors (Lipinski definition) is 2. The molecule has 2 unspecified atom stereocenters. The van der Waals surface area contributed by atoms with E-state index >= 15 is 0 Å². The number of ether oxygens (including phenoxy) is 2. The number of aliphatic hydroxyl groups excluding tert-OH is 2. The summed E-state index contributed by atoms with van der Waals surface area (Å²) < 4.78 is 8.07. The van der Waals surface area contributed by atoms with Crippen LogP contribution in [-0.4, -0.2) is 81.7 Å². The molecule has 0 spiro atoms. The molecule has 0 aliphatic carbocycles. The van der Waals surface area contributed by atoms with Crippen molar-refractivity contribution in [2.24, 2.45) is 0 Å². The second kappa shape index (κ2) is 17.0. The van der Waals surface area contributed by atoms with Gasteiger partial charge >= 0.3 is 43.0 Å². The van der Waals surface area contributed by atoms with Gasteiger partial charge in [-0.1, -0.05) is 0 Å². The molecule has 0 amide bonds. The number of carboxylic acids is 2. The van der Waals surface area contributed by atoms with Crippen molar-refractivity contribution in [3.63, 3.8) is 0 Å². The molecule has 0 aliphatic rings. The summed E-state index contributed by atoms with van der Waals surface area (Å²) in [6.07, 6.45) is -4.69. The van der Waals surface area contributed by atoms with Gasteiger partial charge in [-0.3, -0.25) is 0 Å². The van der Waals surface area contributed by atoms with Crippen LogP contribution in [0.4, 0.5) is 0 Å². The van der Waals surface area contributed by atoms with Crippen LogP contribution < -0.4 is 10.2 Å². The number of esters is 2. The summed E-state index contributed by atoms with van der Waals surface area (Å²) in [5.41, 5.74) is 0. The molecule has 0 fully saturated rings. The van der Waals surface area contributed by atoms with E-state index in [0.29, 0.717) is 0 Å². The van der Waals surface area contributed by atoms with Crippen LogP contribution in [0.15, 0.2) is 0 Å². The number of aliphatic hydroxyl groups is 2. The van der Waals surface area contributed by atoms with Gasteiger partial charge < -0.3 is 39.5 Å². The molecule has 0 rings (SSSR count). The van der Waals surface area contributed by atoms with Crippen molar-refractivity contribution < 1.29 is 49.1 Å². The molecular weight excluding hydrogens is 423 g/mol. The molecule has 0 aromatic rings. The molecule has 0 saturated heterocycles. The summed E-state index contributed by atoms with van der Waals surface area (Å²) in [4.78, 5) is 44.7. The van der Waals surface area contributed by atoms with Crippen molar-refractivity contribution in [2.45, 2.75) is 34.9 Å². The molecule has 0 aliphatic heterocycles. The first-order chi connectivity index (χ1) is 10.6. The van der Waals surface area contributed by atoms with Gasteiger partial charge in [-0.15, -0.1) is 0 Å². The third-order valence-corrected chi connectivity index (χ3v) is 1.67. The van der Waals surface area contributed by atoms with Gasteiger partial charge in [0.2, 0.25) is 0 Å². The molecule has 0 aromatic heterocycles. The van der Waals surface area contributed by atoms with E-state index in [-0.39, 0.29) is 21.1 Å². The van der Waals surface area contributed by atoms with Crippen molar-refractivity contribution in [3.05, 3.63) is 0 Å². The summed E-state index contributed by atoms with van der Waals surface area (Å²) in [6, 6.07) is 0. The first-order valence-corrected chi connectivity index (χ1v) is 11.8. The normalized spacial score (nSPS) is 11.0. The fourth-order valence-electron chi connectivity index (χ4n) is 0.754. The number of hydrogen-bond acceptors (Lipinski definition) is 10. The molecule has 0 bridgehead atoms. The molecule has 0 aromatic carbocycles. The van der Waals surface area contributed by atoms with Crippen LogP contribution >= 0.6 is 0 Å². The number of methoxy groups -OCH3 is 2. The predicted molar refractivity (Wildman–Crippen MR) is 72.8 cm³/mol. The molecule has 132 valence electrons. The molecular formula is C12H20O10Sn. The topological polar surface area (TPSA) is 173 Å². The van der Waals surface area contributed by atoms with E-state index in [4.69, 9.17) is 10.2 Å². The molecule has 23 heavy (non-hydrogen) atoms. The number of carbonyl (C=O) groups excluding carboxylic acids is 4. The van der Waals surface area contributed by atoms with Gasteiger partial charge in [0, 0.05) is 24.8 Å². The summed E-state index contributed by atoms with van der Waals surface area (Å²) in [7, 11) is 2.11. The maximum atomic E-state index is 10.3. The zero-order valence-corrected chi connectivity index (χ0v) is 16.1. The number of carbonyl (C=O) groups is 4. The molecule has 0 radical (unpaired) electrons. The van der Waals surface area contributed by atoms with E-state index in [9.17, 15) is 29.4 Å². The monoisotopic (exact) mass is 444 g/mol. The summed E-state index contributed by atoms with van der Waals surface area (Å²) in [5, 5.41) is 36.7. The molecule has 0 heterocycles. The average Bonchev–Trinajstić information content (AvgIpc) is 2.45. The van der Waals surface area contributed by atoms with Crippen LogP contribution in [-0.2, 0) is 28.7 Å². The SMILES string of the molecule is COC(=O)C(O)CC(=O)[O-].COC(=O)C(O)CC(=O)[O-].[CH3][Sn+2][CH3]. The minimum atomic E-state index is -1.62. The van der Waals surface area contributed by atoms with Gasteiger partial charge in [-0.05, 0) is 0 Å². The van der Waals surface area contributed by atoms with Gasteiger partial charge in [0.25, 0.3) is 0 Å². The van der Waals surface area contributed by atoms with E-state index < -0.39 is 48.9 Å². The molecule has 10 nitrogen and oxygen atoms in total. The minimum absolute atomic E-state index is 0.230. The van der Waals surface area contributed by atoms with Gasteiger partial charge in [-0.2, -0.15) is 0 Å². The number of rotatable bonds is 6. The van der Waals surface area contributed by atoms with Crippen molar-refractivity contribution >= 4 is 45.0 Å². The van der Waals surface area contributed by atoms with Gasteiger partial charge in [0.15, 0.2) is 12.2 Å². The number of aliphatic carboxylic acids is 2. The van der Waals surface area contributed by atoms with E-state index in [1.165, 1.54) is 0 Å². The molecule has 0 saturated carbocycles. The molecule has 2 atom stereocenters. The maximum absolute atomic E-state index is 10.3. The Morgan fingerprint density at radius 2 is 1.09 bits per heavy atom. The van der Waals surface area contributed by atoms with Crippen molar-refractivity contribution in [3.8, 4) is 0 Å². The first kappa shape index (κ1) is 26.5. The Morgan fingerprint density at radius 3 is 1.22 bits per heavy atom. The van der Waals surface area contributed by atoms with Gasteiger partial charge in [0.05, 0.1) is 14.2 Å². The Hall–Kier alpha value is -1.40. The van der Waals surface area contributed by atoms with Crippen molar-refractivity contribution in [1.29, 1.82) is 0 Å². The third kappa shape index (κ3) is 20.6. The van der Waals surface area contributed by atoms with Crippen LogP contribution in [0.2, 0.25) is 9.88 Å². The zero-order chi connectivity index (χ0) is 19.0. The van der Waals surface area contributed by atoms with Gasteiger partial charge in [0.1, 0.15) is 0 Å². The second-order valence-electron chi connectivity index (χ2n) is 3.73. The Balaban J connectivity index is -0.000000297. The van der Waals surface area contributed by atoms with E-state index in [1.54, 1.807) is 0 Å². The van der Waals surface area contributed by atoms with Crippen LogP contribution in [0.1, 0.15) is 12.8 Å². The first-order valence-electron chi connectivity index (χ1n) is 6.07. The third-order valence-electron chi connectivity index (χ3n) is 1.67. The number of carboxylic acid groups (broad SMARTS) is 2. The Kier molecular flexibility index (Phi) is 19.5. The zero-order valence-electron chi connectivity index (χ0n) is 13.2. The van der Waals surface area contributed by atoms with E-state index in [1.807, 2.05) is 0 Å². The molecule has 11 heteroatoms. The summed E-state index contributed by atoms with van der Waals surface area (Å²) in [5.74, 6) is -4.91.